The van der Waals surface area contributed by atoms with Gasteiger partial charge in [-0.15, -0.1) is 0 Å². The second-order valence-electron chi connectivity index (χ2n) is 7.82. The summed E-state index contributed by atoms with van der Waals surface area (Å²) in [4.78, 5) is 42.2. The van der Waals surface area contributed by atoms with Gasteiger partial charge in [-0.3, -0.25) is 24.6 Å². The maximum absolute atomic E-state index is 13.3. The first kappa shape index (κ1) is 27.3. The van der Waals surface area contributed by atoms with Crippen LogP contribution in [0.3, 0.4) is 0 Å². The van der Waals surface area contributed by atoms with E-state index in [2.05, 4.69) is 15.0 Å². The summed E-state index contributed by atoms with van der Waals surface area (Å²) in [6.07, 6.45) is 1.56. The van der Waals surface area contributed by atoms with Gasteiger partial charge >= 0.3 is 6.61 Å². The second-order valence-corrected chi connectivity index (χ2v) is 8.76. The fourth-order valence-electron chi connectivity index (χ4n) is 3.51. The lowest BCUT2D eigenvalue weighted by Gasteiger charge is -2.18. The number of nitrogens with one attached hydrogen (secondary N) is 1. The molecule has 200 valence electrons. The van der Waals surface area contributed by atoms with Gasteiger partial charge in [0.05, 0.1) is 23.5 Å². The molecule has 3 aromatic rings. The molecule has 0 saturated carbocycles. The number of aliphatic imine (C=N–C) groups is 1. The van der Waals surface area contributed by atoms with E-state index >= 15 is 0 Å². The number of hydrogen-bond donors (Lipinski definition) is 1. The molecule has 39 heavy (non-hydrogen) atoms. The van der Waals surface area contributed by atoms with Gasteiger partial charge in [0.2, 0.25) is 5.91 Å². The van der Waals surface area contributed by atoms with Crippen LogP contribution in [0.1, 0.15) is 5.56 Å². The van der Waals surface area contributed by atoms with E-state index in [1.54, 1.807) is 36.4 Å². The summed E-state index contributed by atoms with van der Waals surface area (Å²) in [7, 11) is 1.53. The van der Waals surface area contributed by atoms with E-state index in [-0.39, 0.29) is 33.7 Å². The maximum Gasteiger partial charge on any atom is 0.387 e. The molecule has 0 saturated heterocycles. The van der Waals surface area contributed by atoms with Crippen molar-refractivity contribution in [2.24, 2.45) is 4.99 Å². The van der Waals surface area contributed by atoms with E-state index in [1.807, 2.05) is 0 Å². The van der Waals surface area contributed by atoms with E-state index in [1.165, 1.54) is 54.5 Å². The van der Waals surface area contributed by atoms with Crippen LogP contribution in [0.15, 0.2) is 83.5 Å². The Morgan fingerprint density at radius 3 is 2.41 bits per heavy atom. The van der Waals surface area contributed by atoms with Gasteiger partial charge in [-0.1, -0.05) is 36.0 Å². The SMILES string of the molecule is COc1ccc(/C=C2\N=C(SCC(=O)Nc3ccccc3[N+](=O)[O-])N(c3ccc(OC(F)F)cc3)C2=O)cc1. The number of nitro groups is 1. The Morgan fingerprint density at radius 2 is 1.77 bits per heavy atom. The predicted molar refractivity (Wildman–Crippen MR) is 143 cm³/mol. The van der Waals surface area contributed by atoms with Crippen LogP contribution in [-0.4, -0.2) is 41.4 Å². The number of carbonyl (C=O) groups is 2. The van der Waals surface area contributed by atoms with Crippen molar-refractivity contribution in [3.63, 3.8) is 0 Å². The molecule has 0 atom stereocenters. The highest BCUT2D eigenvalue weighted by Crippen LogP contribution is 2.31. The van der Waals surface area contributed by atoms with Gasteiger partial charge < -0.3 is 14.8 Å². The van der Waals surface area contributed by atoms with Crippen molar-refractivity contribution >= 4 is 51.9 Å². The van der Waals surface area contributed by atoms with E-state index < -0.39 is 23.3 Å². The zero-order chi connectivity index (χ0) is 27.9. The van der Waals surface area contributed by atoms with Gasteiger partial charge in [-0.2, -0.15) is 8.78 Å². The number of thioether (sulfide) groups is 1. The highest BCUT2D eigenvalue weighted by atomic mass is 32.2. The summed E-state index contributed by atoms with van der Waals surface area (Å²) in [6.45, 7) is -3.00. The number of ether oxygens (including phenoxy) is 2. The van der Waals surface area contributed by atoms with Crippen molar-refractivity contribution in [3.8, 4) is 11.5 Å². The highest BCUT2D eigenvalue weighted by Gasteiger charge is 2.32. The summed E-state index contributed by atoms with van der Waals surface area (Å²) in [5.74, 6) is -0.749. The Morgan fingerprint density at radius 1 is 1.10 bits per heavy atom. The Kier molecular flexibility index (Phi) is 8.51. The molecule has 3 aromatic carbocycles. The van der Waals surface area contributed by atoms with E-state index in [0.717, 1.165) is 11.8 Å². The normalized spacial score (nSPS) is 13.9. The number of amidine groups is 1. The van der Waals surface area contributed by atoms with E-state index in [0.29, 0.717) is 17.0 Å². The molecule has 0 unspecified atom stereocenters. The third kappa shape index (κ3) is 6.76. The summed E-state index contributed by atoms with van der Waals surface area (Å²) >= 11 is 0.929. The Balaban J connectivity index is 1.58. The van der Waals surface area contributed by atoms with Crippen LogP contribution in [0.2, 0.25) is 0 Å². The molecule has 13 heteroatoms. The van der Waals surface area contributed by atoms with Crippen molar-refractivity contribution in [2.45, 2.75) is 6.61 Å². The lowest BCUT2D eigenvalue weighted by Crippen LogP contribution is -2.31. The van der Waals surface area contributed by atoms with Crippen molar-refractivity contribution in [1.82, 2.24) is 0 Å². The number of methoxy groups -OCH3 is 1. The van der Waals surface area contributed by atoms with E-state index in [4.69, 9.17) is 4.74 Å². The molecule has 10 nitrogen and oxygen atoms in total. The fourth-order valence-corrected chi connectivity index (χ4v) is 4.32. The van der Waals surface area contributed by atoms with E-state index in [9.17, 15) is 28.5 Å². The van der Waals surface area contributed by atoms with Crippen LogP contribution in [0.25, 0.3) is 6.08 Å². The van der Waals surface area contributed by atoms with Crippen molar-refractivity contribution in [2.75, 3.05) is 23.1 Å². The van der Waals surface area contributed by atoms with Gasteiger partial charge in [0, 0.05) is 6.07 Å². The highest BCUT2D eigenvalue weighted by molar-refractivity contribution is 8.14. The first-order valence-corrected chi connectivity index (χ1v) is 12.2. The Bertz CT molecular complexity index is 1450. The van der Waals surface area contributed by atoms with Gasteiger partial charge in [0.25, 0.3) is 11.6 Å². The Hall–Kier alpha value is -4.78. The summed E-state index contributed by atoms with van der Waals surface area (Å²) < 4.78 is 34.6. The van der Waals surface area contributed by atoms with Crippen LogP contribution < -0.4 is 19.7 Å². The molecule has 0 spiro atoms. The average molecular weight is 555 g/mol. The van der Waals surface area contributed by atoms with Gasteiger partial charge in [-0.05, 0) is 54.1 Å². The number of nitro benzene ring substituents is 1. The fraction of sp³-hybridized carbons (Fsp3) is 0.115. The molecule has 1 N–H and O–H groups in total. The Labute approximate surface area is 225 Å². The van der Waals surface area contributed by atoms with Crippen molar-refractivity contribution in [1.29, 1.82) is 0 Å². The second kappa shape index (κ2) is 12.2. The van der Waals surface area contributed by atoms with Crippen LogP contribution in [0, 0.1) is 10.1 Å². The first-order chi connectivity index (χ1) is 18.7. The van der Waals surface area contributed by atoms with Gasteiger partial charge in [-0.25, -0.2) is 4.99 Å². The molecule has 2 amide bonds. The zero-order valence-electron chi connectivity index (χ0n) is 20.2. The minimum atomic E-state index is -3.00. The minimum absolute atomic E-state index is 0.0316. The number of para-hydroxylation sites is 2. The van der Waals surface area contributed by atoms with Crippen LogP contribution >= 0.6 is 11.8 Å². The lowest BCUT2D eigenvalue weighted by atomic mass is 10.2. The number of amides is 2. The number of halogens is 2. The number of benzene rings is 3. The lowest BCUT2D eigenvalue weighted by molar-refractivity contribution is -0.383. The standard InChI is InChI=1S/C26H20F2N4O6S/c1-37-18-10-6-16(7-11-18)14-21-24(34)31(17-8-12-19(13-9-17)38-25(27)28)26(30-21)39-15-23(33)29-20-4-2-3-5-22(20)32(35)36/h2-14,25H,15H2,1H3,(H,29,33)/b21-14-. The molecule has 0 radical (unpaired) electrons. The molecule has 0 fully saturated rings. The number of anilines is 2. The topological polar surface area (TPSA) is 123 Å². The molecule has 4 rings (SSSR count). The molecular formula is C26H20F2N4O6S. The van der Waals surface area contributed by atoms with Crippen LogP contribution in [0.5, 0.6) is 11.5 Å². The number of alkyl halides is 2. The predicted octanol–water partition coefficient (Wildman–Crippen LogP) is 5.32. The zero-order valence-corrected chi connectivity index (χ0v) is 21.1. The van der Waals surface area contributed by atoms with Gasteiger partial charge in [0.1, 0.15) is 22.9 Å². The van der Waals surface area contributed by atoms with Crippen LogP contribution in [0.4, 0.5) is 25.8 Å². The van der Waals surface area contributed by atoms with Gasteiger partial charge in [0.15, 0.2) is 5.17 Å². The first-order valence-electron chi connectivity index (χ1n) is 11.2. The quantitative estimate of drug-likeness (QED) is 0.216. The van der Waals surface area contributed by atoms with Crippen molar-refractivity contribution in [3.05, 3.63) is 94.2 Å². The maximum atomic E-state index is 13.3. The molecule has 0 aromatic heterocycles. The molecule has 1 heterocycles. The largest absolute Gasteiger partial charge is 0.497 e. The monoisotopic (exact) mass is 554 g/mol. The molecule has 0 bridgehead atoms. The molecule has 1 aliphatic rings. The number of rotatable bonds is 9. The molecular weight excluding hydrogens is 534 g/mol. The third-order valence-electron chi connectivity index (χ3n) is 5.28. The minimum Gasteiger partial charge on any atom is -0.497 e. The summed E-state index contributed by atoms with van der Waals surface area (Å²) in [6, 6.07) is 18.0. The number of nitrogens with zero attached hydrogens (tertiary/aromatic N) is 3. The number of hydrogen-bond acceptors (Lipinski definition) is 8. The third-order valence-corrected chi connectivity index (χ3v) is 6.21. The summed E-state index contributed by atoms with van der Waals surface area (Å²) in [5.41, 5.74) is 0.828. The van der Waals surface area contributed by atoms with Crippen molar-refractivity contribution < 1.29 is 32.8 Å². The molecule has 1 aliphatic heterocycles. The average Bonchev–Trinajstić information content (AvgIpc) is 3.22. The smallest absolute Gasteiger partial charge is 0.387 e. The molecule has 0 aliphatic carbocycles. The van der Waals surface area contributed by atoms with Crippen LogP contribution in [-0.2, 0) is 9.59 Å². The number of carbonyl (C=O) groups excluding carboxylic acids is 2. The summed E-state index contributed by atoms with van der Waals surface area (Å²) in [5, 5.41) is 13.9.